The molecule has 5 heteroatoms. The van der Waals surface area contributed by atoms with Crippen LogP contribution >= 0.6 is 0 Å². The smallest absolute Gasteiger partial charge is 0.0486 e. The van der Waals surface area contributed by atoms with Crippen molar-refractivity contribution in [3.8, 4) is 0 Å². The molecular weight excluding hydrogens is 815 g/mol. The average molecular weight is 904 g/mol. The monoisotopic (exact) mass is 904 g/mol. The fraction of sp³-hybridized carbons (Fsp3) is 0.355. The van der Waals surface area contributed by atoms with Crippen LogP contribution in [0.4, 0.5) is 0 Å². The lowest BCUT2D eigenvalue weighted by atomic mass is 10.0. The van der Waals surface area contributed by atoms with Crippen LogP contribution in [0, 0.1) is 83.1 Å². The van der Waals surface area contributed by atoms with Gasteiger partial charge in [-0.15, -0.1) is 0 Å². The SMILES string of the molecule is CC.CC.CC.CC.CC.Cc1cc(C)c2[nH]ccc2c1C.Cc1cc(C)c2cc[nH]c2c1.Cc1cc2cc[nH]c2c(C)c1C.Cc1ccc(C)c2[nH]ccc12.Cc1ccc2cc[nH]c2c1C. The van der Waals surface area contributed by atoms with Gasteiger partial charge in [-0.05, 0) is 203 Å². The van der Waals surface area contributed by atoms with E-state index in [0.717, 1.165) is 0 Å². The first-order valence-electron chi connectivity index (χ1n) is 24.9. The van der Waals surface area contributed by atoms with Gasteiger partial charge in [0, 0.05) is 74.7 Å². The number of rotatable bonds is 0. The van der Waals surface area contributed by atoms with Crippen molar-refractivity contribution in [2.45, 2.75) is 152 Å². The topological polar surface area (TPSA) is 78.9 Å². The summed E-state index contributed by atoms with van der Waals surface area (Å²) in [4.78, 5) is 16.2. The van der Waals surface area contributed by atoms with E-state index in [-0.39, 0.29) is 0 Å². The molecule has 5 nitrogen and oxygen atoms in total. The number of hydrogen-bond acceptors (Lipinski definition) is 0. The highest BCUT2D eigenvalue weighted by Gasteiger charge is 2.05. The van der Waals surface area contributed by atoms with Crippen molar-refractivity contribution in [1.82, 2.24) is 24.9 Å². The molecule has 0 fully saturated rings. The van der Waals surface area contributed by atoms with Crippen LogP contribution in [0.5, 0.6) is 0 Å². The molecule has 5 aromatic carbocycles. The summed E-state index contributed by atoms with van der Waals surface area (Å²) in [7, 11) is 0. The molecule has 0 aliphatic carbocycles. The fourth-order valence-electron chi connectivity index (χ4n) is 7.74. The van der Waals surface area contributed by atoms with E-state index in [9.17, 15) is 0 Å². The maximum absolute atomic E-state index is 3.26. The number of benzene rings is 5. The number of aromatic nitrogens is 5. The highest BCUT2D eigenvalue weighted by Crippen LogP contribution is 2.25. The van der Waals surface area contributed by atoms with Crippen molar-refractivity contribution in [1.29, 1.82) is 0 Å². The number of H-pyrrole nitrogens is 5. The molecule has 10 aromatic rings. The van der Waals surface area contributed by atoms with Crippen LogP contribution in [-0.2, 0) is 0 Å². The summed E-state index contributed by atoms with van der Waals surface area (Å²) in [5, 5.41) is 6.64. The zero-order valence-corrected chi connectivity index (χ0v) is 45.9. The summed E-state index contributed by atoms with van der Waals surface area (Å²) in [5.74, 6) is 0. The van der Waals surface area contributed by atoms with Crippen LogP contribution in [0.1, 0.15) is 136 Å². The van der Waals surface area contributed by atoms with Gasteiger partial charge in [-0.25, -0.2) is 0 Å². The van der Waals surface area contributed by atoms with E-state index in [1.807, 2.05) is 100 Å². The Kier molecular flexibility index (Phi) is 26.5. The normalized spacial score (nSPS) is 9.64. The minimum Gasteiger partial charge on any atom is -0.361 e. The number of fused-ring (bicyclic) bond motifs is 5. The van der Waals surface area contributed by atoms with Gasteiger partial charge in [0.15, 0.2) is 0 Å². The van der Waals surface area contributed by atoms with E-state index in [4.69, 9.17) is 0 Å². The Balaban J connectivity index is 0.000000399. The van der Waals surface area contributed by atoms with Gasteiger partial charge in [0.05, 0.1) is 0 Å². The van der Waals surface area contributed by atoms with E-state index in [1.54, 1.807) is 0 Å². The van der Waals surface area contributed by atoms with E-state index in [2.05, 4.69) is 187 Å². The molecule has 5 aromatic heterocycles. The summed E-state index contributed by atoms with van der Waals surface area (Å²) < 4.78 is 0. The summed E-state index contributed by atoms with van der Waals surface area (Å²) in [5.41, 5.74) is 22.6. The van der Waals surface area contributed by atoms with Crippen LogP contribution in [0.15, 0.2) is 110 Å². The lowest BCUT2D eigenvalue weighted by Crippen LogP contribution is -1.87. The molecule has 0 bridgehead atoms. The van der Waals surface area contributed by atoms with Gasteiger partial charge in [0.2, 0.25) is 0 Å². The fourth-order valence-corrected chi connectivity index (χ4v) is 7.74. The first-order chi connectivity index (χ1) is 32.2. The molecule has 10 rings (SSSR count). The van der Waals surface area contributed by atoms with E-state index in [0.29, 0.717) is 0 Å². The largest absolute Gasteiger partial charge is 0.361 e. The molecule has 5 N–H and O–H groups in total. The molecular formula is C62H89N5. The zero-order chi connectivity index (χ0) is 51.0. The summed E-state index contributed by atoms with van der Waals surface area (Å²) in [6.07, 6.45) is 9.96. The van der Waals surface area contributed by atoms with E-state index >= 15 is 0 Å². The molecule has 0 radical (unpaired) electrons. The predicted octanol–water partition coefficient (Wildman–Crippen LogP) is 19.7. The standard InChI is InChI=1S/2C11H13N.3C10H11N.5C2H6/c1-7-6-10-4-5-12-11(10)9(3)8(7)2;1-7-6-8(2)11-10(9(7)3)4-5-12-11;1-7-5-8(2)9-3-4-11-10(9)6-7;1-7-3-4-9-5-6-11-10(9)8(7)2;1-7-3-4-8(2)10-9(7)5-6-11-10;5*1-2/h2*4-6,12H,1-3H3;3*3-6,11H,1-2H3;5*1-2H3. The zero-order valence-electron chi connectivity index (χ0n) is 45.9. The van der Waals surface area contributed by atoms with Crippen LogP contribution in [0.25, 0.3) is 54.5 Å². The van der Waals surface area contributed by atoms with Crippen molar-refractivity contribution in [3.63, 3.8) is 0 Å². The quantitative estimate of drug-likeness (QED) is 0.101. The number of aryl methyl sites for hydroxylation is 11. The third-order valence-electron chi connectivity index (χ3n) is 11.7. The molecule has 0 saturated carbocycles. The number of nitrogens with one attached hydrogen (secondary N) is 5. The summed E-state index contributed by atoms with van der Waals surface area (Å²) >= 11 is 0. The lowest BCUT2D eigenvalue weighted by molar-refractivity contribution is 1.28. The molecule has 0 aliphatic heterocycles. The average Bonchev–Trinajstić information content (AvgIpc) is 4.22. The lowest BCUT2D eigenvalue weighted by Gasteiger charge is -2.05. The van der Waals surface area contributed by atoms with Gasteiger partial charge in [-0.1, -0.05) is 106 Å². The second-order valence-electron chi connectivity index (χ2n) is 15.7. The molecule has 0 aliphatic rings. The van der Waals surface area contributed by atoms with Gasteiger partial charge < -0.3 is 24.9 Å². The summed E-state index contributed by atoms with van der Waals surface area (Å²) in [6, 6.07) is 28.0. The molecule has 0 spiro atoms. The van der Waals surface area contributed by atoms with E-state index in [1.165, 1.54) is 121 Å². The van der Waals surface area contributed by atoms with Gasteiger partial charge >= 0.3 is 0 Å². The second kappa shape index (κ2) is 30.2. The van der Waals surface area contributed by atoms with Crippen molar-refractivity contribution < 1.29 is 0 Å². The van der Waals surface area contributed by atoms with E-state index < -0.39 is 0 Å². The minimum atomic E-state index is 1.24. The highest BCUT2D eigenvalue weighted by atomic mass is 14.7. The van der Waals surface area contributed by atoms with Gasteiger partial charge in [-0.3, -0.25) is 0 Å². The molecule has 5 heterocycles. The van der Waals surface area contributed by atoms with Crippen LogP contribution < -0.4 is 0 Å². The van der Waals surface area contributed by atoms with Crippen molar-refractivity contribution in [3.05, 3.63) is 177 Å². The molecule has 67 heavy (non-hydrogen) atoms. The van der Waals surface area contributed by atoms with Gasteiger partial charge in [-0.2, -0.15) is 0 Å². The number of aromatic amines is 5. The van der Waals surface area contributed by atoms with Crippen molar-refractivity contribution in [2.24, 2.45) is 0 Å². The Labute approximate surface area is 406 Å². The van der Waals surface area contributed by atoms with Crippen LogP contribution in [0.3, 0.4) is 0 Å². The molecule has 0 amide bonds. The molecule has 0 unspecified atom stereocenters. The molecule has 362 valence electrons. The summed E-state index contributed by atoms with van der Waals surface area (Å²) in [6.45, 7) is 45.8. The van der Waals surface area contributed by atoms with Crippen molar-refractivity contribution in [2.75, 3.05) is 0 Å². The Morgan fingerprint density at radius 2 is 0.701 bits per heavy atom. The van der Waals surface area contributed by atoms with Crippen LogP contribution in [0.2, 0.25) is 0 Å². The van der Waals surface area contributed by atoms with Crippen molar-refractivity contribution >= 4 is 54.5 Å². The minimum absolute atomic E-state index is 1.24. The Morgan fingerprint density at radius 3 is 1.30 bits per heavy atom. The maximum atomic E-state index is 3.26. The Morgan fingerprint density at radius 1 is 0.254 bits per heavy atom. The third kappa shape index (κ3) is 15.4. The first-order valence-corrected chi connectivity index (χ1v) is 24.9. The maximum Gasteiger partial charge on any atom is 0.0486 e. The number of hydrogen-bond donors (Lipinski definition) is 5. The first kappa shape index (κ1) is 58.8. The van der Waals surface area contributed by atoms with Crippen LogP contribution in [-0.4, -0.2) is 24.9 Å². The van der Waals surface area contributed by atoms with Gasteiger partial charge in [0.25, 0.3) is 0 Å². The highest BCUT2D eigenvalue weighted by molar-refractivity contribution is 5.88. The second-order valence-corrected chi connectivity index (χ2v) is 15.7. The third-order valence-corrected chi connectivity index (χ3v) is 11.7. The predicted molar refractivity (Wildman–Crippen MR) is 305 cm³/mol. The Hall–Kier alpha value is -6.20. The van der Waals surface area contributed by atoms with Gasteiger partial charge in [0.1, 0.15) is 0 Å². The Bertz CT molecular complexity index is 2900. The molecule has 0 atom stereocenters. The molecule has 0 saturated heterocycles.